The van der Waals surface area contributed by atoms with Gasteiger partial charge >= 0.3 is 0 Å². The molecule has 11 heavy (non-hydrogen) atoms. The Morgan fingerprint density at radius 1 is 1.27 bits per heavy atom. The molecule has 0 aromatic heterocycles. The fourth-order valence-electron chi connectivity index (χ4n) is 0.290. The van der Waals surface area contributed by atoms with Crippen LogP contribution in [-0.4, -0.2) is 22.5 Å². The summed E-state index contributed by atoms with van der Waals surface area (Å²) in [4.78, 5) is 0. The van der Waals surface area contributed by atoms with Crippen LogP contribution < -0.4 is 5.43 Å². The standard InChI is InChI=1S/C6H16N3O.Zn/c1-5(2)7-8-9(10)6(3)4;/h5-7,10H,1-4H3;/q-1;. The Morgan fingerprint density at radius 3 is 2.00 bits per heavy atom. The maximum Gasteiger partial charge on any atom is 0.0103 e. The van der Waals surface area contributed by atoms with Crippen molar-refractivity contribution < 1.29 is 24.7 Å². The second-order valence-electron chi connectivity index (χ2n) is 2.80. The maximum absolute atomic E-state index is 8.98. The zero-order valence-corrected chi connectivity index (χ0v) is 10.7. The molecular weight excluding hydrogens is 195 g/mol. The Morgan fingerprint density at radius 2 is 1.73 bits per heavy atom. The van der Waals surface area contributed by atoms with E-state index in [4.69, 9.17) is 5.21 Å². The number of rotatable bonds is 4. The van der Waals surface area contributed by atoms with Gasteiger partial charge < -0.3 is 16.2 Å². The zero-order chi connectivity index (χ0) is 8.15. The molecule has 0 unspecified atom stereocenters. The molecule has 0 rings (SSSR count). The van der Waals surface area contributed by atoms with Gasteiger partial charge in [-0.05, 0) is 19.9 Å². The molecule has 0 fully saturated rings. The van der Waals surface area contributed by atoms with E-state index in [0.29, 0.717) is 0 Å². The Bertz CT molecular complexity index is 89.9. The normalized spacial score (nSPS) is 10.9. The number of hydroxylamine groups is 1. The van der Waals surface area contributed by atoms with Crippen LogP contribution in [0.4, 0.5) is 0 Å². The minimum absolute atomic E-state index is 0. The van der Waals surface area contributed by atoms with Crippen molar-refractivity contribution in [3.05, 3.63) is 5.53 Å². The first-order chi connectivity index (χ1) is 4.54. The van der Waals surface area contributed by atoms with Gasteiger partial charge in [0.25, 0.3) is 0 Å². The molecule has 0 radical (unpaired) electrons. The molecule has 4 nitrogen and oxygen atoms in total. The van der Waals surface area contributed by atoms with Crippen molar-refractivity contribution in [3.63, 3.8) is 0 Å². The quantitative estimate of drug-likeness (QED) is 0.544. The van der Waals surface area contributed by atoms with Crippen LogP contribution in [0.1, 0.15) is 27.7 Å². The summed E-state index contributed by atoms with van der Waals surface area (Å²) in [5.41, 5.74) is 6.39. The third-order valence-electron chi connectivity index (χ3n) is 0.880. The van der Waals surface area contributed by atoms with Crippen molar-refractivity contribution in [1.29, 1.82) is 0 Å². The fourth-order valence-corrected chi connectivity index (χ4v) is 0.290. The van der Waals surface area contributed by atoms with Crippen LogP contribution in [0.3, 0.4) is 0 Å². The molecule has 0 saturated heterocycles. The molecule has 0 amide bonds. The van der Waals surface area contributed by atoms with Crippen LogP contribution >= 0.6 is 0 Å². The van der Waals surface area contributed by atoms with Crippen LogP contribution in [-0.2, 0) is 19.5 Å². The van der Waals surface area contributed by atoms with Crippen LogP contribution in [0.15, 0.2) is 0 Å². The van der Waals surface area contributed by atoms with Gasteiger partial charge in [-0.3, -0.25) is 5.17 Å². The van der Waals surface area contributed by atoms with Crippen LogP contribution in [0.25, 0.3) is 5.53 Å². The van der Waals surface area contributed by atoms with E-state index in [-0.39, 0.29) is 31.6 Å². The molecule has 64 valence electrons. The van der Waals surface area contributed by atoms with E-state index in [2.05, 4.69) is 11.0 Å². The summed E-state index contributed by atoms with van der Waals surface area (Å²) >= 11 is 0. The molecule has 0 aliphatic carbocycles. The van der Waals surface area contributed by atoms with Crippen molar-refractivity contribution in [1.82, 2.24) is 10.6 Å². The van der Waals surface area contributed by atoms with Crippen LogP contribution in [0, 0.1) is 0 Å². The number of nitrogens with one attached hydrogen (secondary N) is 1. The van der Waals surface area contributed by atoms with Gasteiger partial charge in [-0.2, -0.15) is 0 Å². The molecule has 0 aromatic carbocycles. The third-order valence-corrected chi connectivity index (χ3v) is 0.880. The van der Waals surface area contributed by atoms with Crippen molar-refractivity contribution in [3.8, 4) is 0 Å². The third kappa shape index (κ3) is 8.37. The van der Waals surface area contributed by atoms with Gasteiger partial charge in [-0.1, -0.05) is 13.8 Å². The second-order valence-corrected chi connectivity index (χ2v) is 2.80. The zero-order valence-electron chi connectivity index (χ0n) is 7.70. The Kier molecular flexibility index (Phi) is 9.08. The topological polar surface area (TPSA) is 49.6 Å². The average molecular weight is 212 g/mol. The molecule has 0 heterocycles. The smallest absolute Gasteiger partial charge is 0.0103 e. The van der Waals surface area contributed by atoms with E-state index < -0.39 is 0 Å². The van der Waals surface area contributed by atoms with E-state index in [0.717, 1.165) is 5.17 Å². The van der Waals surface area contributed by atoms with Gasteiger partial charge in [-0.15, -0.1) is 0 Å². The van der Waals surface area contributed by atoms with Crippen molar-refractivity contribution in [2.24, 2.45) is 0 Å². The van der Waals surface area contributed by atoms with Gasteiger partial charge in [0.05, 0.1) is 0 Å². The monoisotopic (exact) mass is 210 g/mol. The van der Waals surface area contributed by atoms with E-state index >= 15 is 0 Å². The molecule has 0 spiro atoms. The van der Waals surface area contributed by atoms with Gasteiger partial charge in [0.15, 0.2) is 0 Å². The van der Waals surface area contributed by atoms with Gasteiger partial charge in [0.1, 0.15) is 0 Å². The summed E-state index contributed by atoms with van der Waals surface area (Å²) in [6.07, 6.45) is 0. The second kappa shape index (κ2) is 7.13. The number of nitrogens with zero attached hydrogens (tertiary/aromatic N) is 2. The Labute approximate surface area is 81.0 Å². The summed E-state index contributed by atoms with van der Waals surface area (Å²) in [6.45, 7) is 7.62. The van der Waals surface area contributed by atoms with E-state index in [1.165, 1.54) is 0 Å². The molecule has 0 saturated carbocycles. The van der Waals surface area contributed by atoms with Gasteiger partial charge in [0.2, 0.25) is 0 Å². The molecule has 5 heteroatoms. The van der Waals surface area contributed by atoms with Crippen molar-refractivity contribution >= 4 is 0 Å². The first kappa shape index (κ1) is 14.0. The molecule has 0 aliphatic rings. The fraction of sp³-hybridized carbons (Fsp3) is 1.00. The van der Waals surface area contributed by atoms with Crippen molar-refractivity contribution in [2.45, 2.75) is 39.8 Å². The first-order valence-corrected chi connectivity index (χ1v) is 3.48. The van der Waals surface area contributed by atoms with Gasteiger partial charge in [-0.25, -0.2) is 0 Å². The first-order valence-electron chi connectivity index (χ1n) is 3.48. The molecule has 0 aliphatic heterocycles. The van der Waals surface area contributed by atoms with Gasteiger partial charge in [0, 0.05) is 25.5 Å². The minimum Gasteiger partial charge on any atom is -0.504 e. The molecule has 0 aromatic rings. The summed E-state index contributed by atoms with van der Waals surface area (Å²) in [6, 6.07) is 0.277. The summed E-state index contributed by atoms with van der Waals surface area (Å²) in [5, 5.41) is 9.88. The summed E-state index contributed by atoms with van der Waals surface area (Å²) in [5.74, 6) is 0. The van der Waals surface area contributed by atoms with Crippen molar-refractivity contribution in [2.75, 3.05) is 0 Å². The summed E-state index contributed by atoms with van der Waals surface area (Å²) in [7, 11) is 0. The average Bonchev–Trinajstić information content (AvgIpc) is 1.82. The SMILES string of the molecule is CC(C)N[N-]N(O)C(C)C.[Zn]. The van der Waals surface area contributed by atoms with Crippen LogP contribution in [0.5, 0.6) is 0 Å². The molecule has 0 bridgehead atoms. The maximum atomic E-state index is 8.98. The molecule has 0 atom stereocenters. The number of hydrogen-bond acceptors (Lipinski definition) is 3. The van der Waals surface area contributed by atoms with Crippen LogP contribution in [0.2, 0.25) is 0 Å². The van der Waals surface area contributed by atoms with E-state index in [1.807, 2.05) is 27.7 Å². The summed E-state index contributed by atoms with van der Waals surface area (Å²) < 4.78 is 0. The predicted octanol–water partition coefficient (Wildman–Crippen LogP) is 1.29. The Hall–Kier alpha value is 0.463. The largest absolute Gasteiger partial charge is 0.504 e. The molecular formula is C6H16N3OZn-. The van der Waals surface area contributed by atoms with E-state index in [1.54, 1.807) is 0 Å². The number of hydrogen-bond donors (Lipinski definition) is 2. The minimum atomic E-state index is 0. The predicted molar refractivity (Wildman–Crippen MR) is 40.4 cm³/mol. The molecule has 2 N–H and O–H groups in total. The van der Waals surface area contributed by atoms with E-state index in [9.17, 15) is 0 Å². The Balaban J connectivity index is 0.